The summed E-state index contributed by atoms with van der Waals surface area (Å²) in [7, 11) is 0. The van der Waals surface area contributed by atoms with Gasteiger partial charge in [0.25, 0.3) is 0 Å². The highest BCUT2D eigenvalue weighted by Gasteiger charge is 2.11. The third kappa shape index (κ3) is 3.91. The Morgan fingerprint density at radius 2 is 1.75 bits per heavy atom. The van der Waals surface area contributed by atoms with Crippen molar-refractivity contribution in [2.45, 2.75) is 33.7 Å². The van der Waals surface area contributed by atoms with Crippen LogP contribution >= 0.6 is 15.9 Å². The van der Waals surface area contributed by atoms with Crippen LogP contribution in [0.15, 0.2) is 28.7 Å². The van der Waals surface area contributed by atoms with E-state index >= 15 is 0 Å². The van der Waals surface area contributed by atoms with Crippen molar-refractivity contribution in [3.8, 4) is 0 Å². The predicted molar refractivity (Wildman–Crippen MR) is 74.6 cm³/mol. The van der Waals surface area contributed by atoms with Gasteiger partial charge in [-0.1, -0.05) is 54.9 Å². The normalized spacial score (nSPS) is 15.1. The third-order valence-corrected chi connectivity index (χ3v) is 3.98. The van der Waals surface area contributed by atoms with Crippen LogP contribution in [0.1, 0.15) is 39.3 Å². The average Bonchev–Trinajstić information content (AvgIpc) is 2.25. The molecular formula is C14H22BrN. The molecule has 0 amide bonds. The maximum Gasteiger partial charge on any atom is 0.0303 e. The van der Waals surface area contributed by atoms with Gasteiger partial charge in [-0.15, -0.1) is 0 Å². The molecule has 0 spiro atoms. The minimum absolute atomic E-state index is 0.400. The summed E-state index contributed by atoms with van der Waals surface area (Å²) < 4.78 is 1.19. The van der Waals surface area contributed by atoms with Gasteiger partial charge in [-0.05, 0) is 36.9 Å². The molecule has 2 unspecified atom stereocenters. The van der Waals surface area contributed by atoms with Gasteiger partial charge < -0.3 is 5.32 Å². The first-order chi connectivity index (χ1) is 7.52. The molecule has 0 radical (unpaired) electrons. The minimum atomic E-state index is 0.400. The first-order valence-corrected chi connectivity index (χ1v) is 6.79. The number of hydrogen-bond donors (Lipinski definition) is 1. The second kappa shape index (κ2) is 6.41. The molecule has 0 aliphatic rings. The minimum Gasteiger partial charge on any atom is -0.310 e. The Labute approximate surface area is 108 Å². The molecule has 1 aromatic carbocycles. The average molecular weight is 284 g/mol. The van der Waals surface area contributed by atoms with Gasteiger partial charge >= 0.3 is 0 Å². The summed E-state index contributed by atoms with van der Waals surface area (Å²) in [6, 6.07) is 8.80. The van der Waals surface area contributed by atoms with E-state index < -0.39 is 0 Å². The lowest BCUT2D eigenvalue weighted by molar-refractivity contribution is 0.375. The summed E-state index contributed by atoms with van der Waals surface area (Å²) in [6.07, 6.45) is 0. The van der Waals surface area contributed by atoms with E-state index in [0.29, 0.717) is 12.0 Å². The Hall–Kier alpha value is -0.340. The highest BCUT2D eigenvalue weighted by Crippen LogP contribution is 2.23. The van der Waals surface area contributed by atoms with E-state index in [2.05, 4.69) is 73.2 Å². The zero-order valence-electron chi connectivity index (χ0n) is 10.6. The van der Waals surface area contributed by atoms with Crippen LogP contribution < -0.4 is 5.32 Å². The highest BCUT2D eigenvalue weighted by atomic mass is 79.9. The Kier molecular flexibility index (Phi) is 5.50. The number of nitrogens with one attached hydrogen (secondary N) is 1. The van der Waals surface area contributed by atoms with Gasteiger partial charge in [-0.3, -0.25) is 0 Å². The summed E-state index contributed by atoms with van der Waals surface area (Å²) in [5.41, 5.74) is 1.33. The fraction of sp³-hybridized carbons (Fsp3) is 0.571. The molecule has 0 saturated heterocycles. The SMILES string of the molecule is CC(NCC(C)C(C)C)c1ccccc1Br. The maximum absolute atomic E-state index is 3.59. The van der Waals surface area contributed by atoms with Crippen LogP contribution in [0.5, 0.6) is 0 Å². The van der Waals surface area contributed by atoms with Gasteiger partial charge in [0.15, 0.2) is 0 Å². The Morgan fingerprint density at radius 1 is 1.12 bits per heavy atom. The second-order valence-electron chi connectivity index (χ2n) is 4.87. The molecule has 1 nitrogen and oxygen atoms in total. The lowest BCUT2D eigenvalue weighted by Gasteiger charge is -2.21. The van der Waals surface area contributed by atoms with Crippen LogP contribution in [0.4, 0.5) is 0 Å². The highest BCUT2D eigenvalue weighted by molar-refractivity contribution is 9.10. The van der Waals surface area contributed by atoms with Crippen molar-refractivity contribution >= 4 is 15.9 Å². The second-order valence-corrected chi connectivity index (χ2v) is 5.73. The first kappa shape index (κ1) is 13.7. The summed E-state index contributed by atoms with van der Waals surface area (Å²) in [5, 5.41) is 3.59. The number of rotatable bonds is 5. The van der Waals surface area contributed by atoms with Gasteiger partial charge in [-0.25, -0.2) is 0 Å². The Morgan fingerprint density at radius 3 is 2.31 bits per heavy atom. The van der Waals surface area contributed by atoms with Crippen LogP contribution in [0.25, 0.3) is 0 Å². The van der Waals surface area contributed by atoms with Crippen molar-refractivity contribution < 1.29 is 0 Å². The monoisotopic (exact) mass is 283 g/mol. The molecule has 1 N–H and O–H groups in total. The molecule has 0 heterocycles. The van der Waals surface area contributed by atoms with Crippen LogP contribution in [0.3, 0.4) is 0 Å². The van der Waals surface area contributed by atoms with Crippen LogP contribution in [-0.2, 0) is 0 Å². The molecule has 0 saturated carbocycles. The Bertz CT molecular complexity index is 322. The van der Waals surface area contributed by atoms with E-state index in [0.717, 1.165) is 12.5 Å². The fourth-order valence-corrected chi connectivity index (χ4v) is 2.16. The van der Waals surface area contributed by atoms with E-state index in [1.165, 1.54) is 10.0 Å². The molecule has 0 aliphatic carbocycles. The fourth-order valence-electron chi connectivity index (χ4n) is 1.53. The largest absolute Gasteiger partial charge is 0.310 e. The van der Waals surface area contributed by atoms with E-state index in [1.54, 1.807) is 0 Å². The molecule has 2 atom stereocenters. The molecule has 1 aromatic rings. The van der Waals surface area contributed by atoms with Gasteiger partial charge in [0.05, 0.1) is 0 Å². The molecule has 0 fully saturated rings. The van der Waals surface area contributed by atoms with E-state index in [9.17, 15) is 0 Å². The van der Waals surface area contributed by atoms with Crippen LogP contribution in [0.2, 0.25) is 0 Å². The quantitative estimate of drug-likeness (QED) is 0.845. The molecule has 0 bridgehead atoms. The summed E-state index contributed by atoms with van der Waals surface area (Å²) in [6.45, 7) is 10.1. The van der Waals surface area contributed by atoms with Crippen molar-refractivity contribution in [1.29, 1.82) is 0 Å². The zero-order chi connectivity index (χ0) is 12.1. The van der Waals surface area contributed by atoms with Gasteiger partial charge in [0, 0.05) is 10.5 Å². The smallest absolute Gasteiger partial charge is 0.0303 e. The van der Waals surface area contributed by atoms with E-state index in [4.69, 9.17) is 0 Å². The van der Waals surface area contributed by atoms with E-state index in [1.807, 2.05) is 0 Å². The number of benzene rings is 1. The predicted octanol–water partition coefficient (Wildman–Crippen LogP) is 4.39. The first-order valence-electron chi connectivity index (χ1n) is 6.00. The van der Waals surface area contributed by atoms with Crippen molar-refractivity contribution in [2.75, 3.05) is 6.54 Å². The zero-order valence-corrected chi connectivity index (χ0v) is 12.2. The molecular weight excluding hydrogens is 262 g/mol. The topological polar surface area (TPSA) is 12.0 Å². The molecule has 0 aliphatic heterocycles. The molecule has 90 valence electrons. The number of halogens is 1. The van der Waals surface area contributed by atoms with Gasteiger partial charge in [-0.2, -0.15) is 0 Å². The Balaban J connectivity index is 2.53. The van der Waals surface area contributed by atoms with Gasteiger partial charge in [0.1, 0.15) is 0 Å². The van der Waals surface area contributed by atoms with Crippen molar-refractivity contribution in [3.63, 3.8) is 0 Å². The number of hydrogen-bond acceptors (Lipinski definition) is 1. The summed E-state index contributed by atoms with van der Waals surface area (Å²) in [5.74, 6) is 1.45. The third-order valence-electron chi connectivity index (χ3n) is 3.26. The van der Waals surface area contributed by atoms with E-state index in [-0.39, 0.29) is 0 Å². The summed E-state index contributed by atoms with van der Waals surface area (Å²) >= 11 is 3.59. The molecule has 2 heteroatoms. The van der Waals surface area contributed by atoms with Gasteiger partial charge in [0.2, 0.25) is 0 Å². The van der Waals surface area contributed by atoms with Crippen molar-refractivity contribution in [2.24, 2.45) is 11.8 Å². The van der Waals surface area contributed by atoms with Crippen molar-refractivity contribution in [3.05, 3.63) is 34.3 Å². The molecule has 1 rings (SSSR count). The standard InChI is InChI=1S/C14H22BrN/c1-10(2)11(3)9-16-12(4)13-7-5-6-8-14(13)15/h5-8,10-12,16H,9H2,1-4H3. The lowest BCUT2D eigenvalue weighted by atomic mass is 9.97. The van der Waals surface area contributed by atoms with Crippen molar-refractivity contribution in [1.82, 2.24) is 5.32 Å². The maximum atomic E-state index is 3.59. The molecule has 16 heavy (non-hydrogen) atoms. The van der Waals surface area contributed by atoms with Crippen LogP contribution in [0, 0.1) is 11.8 Å². The summed E-state index contributed by atoms with van der Waals surface area (Å²) in [4.78, 5) is 0. The lowest BCUT2D eigenvalue weighted by Crippen LogP contribution is -2.27. The molecule has 0 aromatic heterocycles. The van der Waals surface area contributed by atoms with Crippen LogP contribution in [-0.4, -0.2) is 6.54 Å².